The summed E-state index contributed by atoms with van der Waals surface area (Å²) in [5.41, 5.74) is -2.00. The number of urea groups is 1. The summed E-state index contributed by atoms with van der Waals surface area (Å²) in [6.45, 7) is -4.05. The van der Waals surface area contributed by atoms with Gasteiger partial charge in [0.1, 0.15) is 12.4 Å². The van der Waals surface area contributed by atoms with Gasteiger partial charge in [-0.3, -0.25) is 0 Å². The van der Waals surface area contributed by atoms with E-state index in [0.717, 1.165) is 12.1 Å². The molecule has 2 amide bonds. The van der Waals surface area contributed by atoms with E-state index in [4.69, 9.17) is 14.6 Å². The van der Waals surface area contributed by atoms with Gasteiger partial charge >= 0.3 is 54.0 Å². The average molecular weight is 772 g/mol. The Morgan fingerprint density at radius 3 is 1.82 bits per heavy atom. The molecule has 0 fully saturated rings. The number of halogens is 16. The number of aliphatic carboxylic acids is 1. The maximum Gasteiger partial charge on any atom is 0.460 e. The monoisotopic (exact) mass is 772 g/mol. The molecule has 1 unspecified atom stereocenters. The summed E-state index contributed by atoms with van der Waals surface area (Å²) < 4.78 is 227. The molecule has 1 atom stereocenters. The van der Waals surface area contributed by atoms with Crippen LogP contribution in [0.2, 0.25) is 0 Å². The highest BCUT2D eigenvalue weighted by Gasteiger charge is 2.90. The minimum atomic E-state index is -8.20. The number of benzene rings is 2. The Labute approximate surface area is 276 Å². The normalized spacial score (nSPS) is 14.2. The molecule has 288 valence electrons. The highest BCUT2D eigenvalue weighted by molar-refractivity contribution is 5.89. The van der Waals surface area contributed by atoms with Gasteiger partial charge in [0.05, 0.1) is 18.7 Å². The number of alkyl halides is 16. The SMILES string of the molecule is CCOC(Cc1ccc(OCCN(CC(F)(F)C(F)(F)C(F)(F)C(F)(F)C(F)(F)C(F)(F)F)C(=O)Nc2cccc(C(F)(F)F)c2)cc1)C(=O)O. The van der Waals surface area contributed by atoms with E-state index >= 15 is 0 Å². The van der Waals surface area contributed by atoms with Crippen LogP contribution in [0.1, 0.15) is 18.1 Å². The van der Waals surface area contributed by atoms with Gasteiger partial charge in [0.15, 0.2) is 6.10 Å². The maximum absolute atomic E-state index is 14.7. The second kappa shape index (κ2) is 15.2. The Balaban J connectivity index is 2.41. The van der Waals surface area contributed by atoms with Crippen molar-refractivity contribution in [3.05, 3.63) is 59.7 Å². The highest BCUT2D eigenvalue weighted by Crippen LogP contribution is 2.60. The lowest BCUT2D eigenvalue weighted by Gasteiger charge is -2.40. The second-order valence-corrected chi connectivity index (χ2v) is 10.4. The molecule has 0 saturated heterocycles. The van der Waals surface area contributed by atoms with Crippen molar-refractivity contribution in [2.75, 3.05) is 31.6 Å². The largest absolute Gasteiger partial charge is 0.492 e. The zero-order chi connectivity index (χ0) is 39.4. The van der Waals surface area contributed by atoms with E-state index < -0.39 is 95.9 Å². The van der Waals surface area contributed by atoms with Crippen molar-refractivity contribution >= 4 is 17.7 Å². The standard InChI is InChI=1S/C28H24F16N2O5/c1-2-50-19(20(47)48)12-15-6-8-18(9-7-15)51-11-10-46(21(49)45-17-5-3-4-16(13-17)23(31,32)33)14-22(29,30)24(34,35)25(36,37)26(38,39)27(40,41)28(42,43)44/h3-9,13,19H,2,10-12,14H2,1H3,(H,45,49)(H,47,48). The van der Waals surface area contributed by atoms with Crippen LogP contribution in [0.3, 0.4) is 0 Å². The van der Waals surface area contributed by atoms with Crippen molar-refractivity contribution < 1.29 is 94.4 Å². The molecule has 23 heteroatoms. The van der Waals surface area contributed by atoms with Gasteiger partial charge in [-0.2, -0.15) is 70.2 Å². The van der Waals surface area contributed by atoms with Crippen LogP contribution in [-0.2, 0) is 22.1 Å². The number of hydrogen-bond acceptors (Lipinski definition) is 4. The number of rotatable bonds is 16. The van der Waals surface area contributed by atoms with Gasteiger partial charge in [-0.1, -0.05) is 18.2 Å². The molecule has 51 heavy (non-hydrogen) atoms. The smallest absolute Gasteiger partial charge is 0.460 e. The Bertz CT molecular complexity index is 1500. The summed E-state index contributed by atoms with van der Waals surface area (Å²) in [6, 6.07) is 4.67. The minimum Gasteiger partial charge on any atom is -0.492 e. The first-order chi connectivity index (χ1) is 23.0. The fourth-order valence-electron chi connectivity index (χ4n) is 4.00. The van der Waals surface area contributed by atoms with E-state index in [9.17, 15) is 79.8 Å². The molecular weight excluding hydrogens is 748 g/mol. The molecule has 0 aliphatic heterocycles. The van der Waals surface area contributed by atoms with Crippen LogP contribution in [0, 0.1) is 0 Å². The second-order valence-electron chi connectivity index (χ2n) is 10.4. The van der Waals surface area contributed by atoms with E-state index in [1.54, 1.807) is 0 Å². The predicted octanol–water partition coefficient (Wildman–Crippen LogP) is 8.39. The molecule has 0 bridgehead atoms. The molecule has 2 rings (SSSR count). The number of nitrogens with one attached hydrogen (secondary N) is 1. The lowest BCUT2D eigenvalue weighted by molar-refractivity contribution is -0.439. The van der Waals surface area contributed by atoms with Crippen molar-refractivity contribution in [3.63, 3.8) is 0 Å². The van der Waals surface area contributed by atoms with Crippen LogP contribution < -0.4 is 10.1 Å². The van der Waals surface area contributed by atoms with Crippen molar-refractivity contribution in [3.8, 4) is 5.75 Å². The molecule has 0 heterocycles. The van der Waals surface area contributed by atoms with Crippen molar-refractivity contribution in [2.24, 2.45) is 0 Å². The van der Waals surface area contributed by atoms with Gasteiger partial charge in [0.25, 0.3) is 0 Å². The third kappa shape index (κ3) is 9.39. The van der Waals surface area contributed by atoms with Crippen LogP contribution in [-0.4, -0.2) is 90.2 Å². The predicted molar refractivity (Wildman–Crippen MR) is 142 cm³/mol. The minimum absolute atomic E-state index is 0.0289. The third-order valence-corrected chi connectivity index (χ3v) is 6.73. The molecule has 0 aliphatic rings. The summed E-state index contributed by atoms with van der Waals surface area (Å²) in [6.07, 6.45) is -14.2. The molecule has 0 spiro atoms. The highest BCUT2D eigenvalue weighted by atomic mass is 19.4. The first-order valence-electron chi connectivity index (χ1n) is 13.8. The molecule has 0 aliphatic carbocycles. The summed E-state index contributed by atoms with van der Waals surface area (Å²) in [5, 5.41) is 10.7. The Hall–Kier alpha value is -4.18. The maximum atomic E-state index is 14.7. The number of carbonyl (C=O) groups excluding carboxylic acids is 1. The van der Waals surface area contributed by atoms with Gasteiger partial charge in [-0.25, -0.2) is 9.59 Å². The van der Waals surface area contributed by atoms with Crippen molar-refractivity contribution in [2.45, 2.75) is 61.4 Å². The Kier molecular flexibility index (Phi) is 12.8. The number of nitrogens with zero attached hydrogens (tertiary/aromatic N) is 1. The Morgan fingerprint density at radius 1 is 0.784 bits per heavy atom. The zero-order valence-corrected chi connectivity index (χ0v) is 25.3. The van der Waals surface area contributed by atoms with Crippen LogP contribution in [0.25, 0.3) is 0 Å². The summed E-state index contributed by atoms with van der Waals surface area (Å²) in [5.74, 6) is -40.3. The van der Waals surface area contributed by atoms with Gasteiger partial charge in [0.2, 0.25) is 0 Å². The molecule has 0 saturated carbocycles. The lowest BCUT2D eigenvalue weighted by atomic mass is 9.93. The third-order valence-electron chi connectivity index (χ3n) is 6.73. The summed E-state index contributed by atoms with van der Waals surface area (Å²) in [4.78, 5) is 23.4. The number of anilines is 1. The van der Waals surface area contributed by atoms with E-state index in [1.807, 2.05) is 0 Å². The fraction of sp³-hybridized carbons (Fsp3) is 0.500. The molecule has 0 aromatic heterocycles. The van der Waals surface area contributed by atoms with Gasteiger partial charge in [0, 0.05) is 18.7 Å². The number of amides is 2. The van der Waals surface area contributed by atoms with Gasteiger partial charge in [-0.05, 0) is 42.8 Å². The van der Waals surface area contributed by atoms with E-state index in [0.29, 0.717) is 23.8 Å². The first kappa shape index (κ1) is 43.0. The van der Waals surface area contributed by atoms with Crippen molar-refractivity contribution in [1.29, 1.82) is 0 Å². The molecular formula is C28H24F16N2O5. The number of hydrogen-bond donors (Lipinski definition) is 2. The van der Waals surface area contributed by atoms with E-state index in [1.165, 1.54) is 24.4 Å². The van der Waals surface area contributed by atoms with Gasteiger partial charge in [-0.15, -0.1) is 0 Å². The zero-order valence-electron chi connectivity index (χ0n) is 25.3. The van der Waals surface area contributed by atoms with Crippen LogP contribution in [0.5, 0.6) is 5.75 Å². The number of carboxylic acid groups (broad SMARTS) is 1. The fourth-order valence-corrected chi connectivity index (χ4v) is 4.00. The summed E-state index contributed by atoms with van der Waals surface area (Å²) >= 11 is 0. The molecule has 7 nitrogen and oxygen atoms in total. The number of carbonyl (C=O) groups is 2. The molecule has 2 aromatic carbocycles. The number of carboxylic acids is 1. The number of ether oxygens (including phenoxy) is 2. The quantitative estimate of drug-likeness (QED) is 0.168. The van der Waals surface area contributed by atoms with E-state index in [-0.39, 0.29) is 24.8 Å². The molecule has 2 aromatic rings. The topological polar surface area (TPSA) is 88.1 Å². The lowest BCUT2D eigenvalue weighted by Crippen LogP contribution is -2.71. The van der Waals surface area contributed by atoms with Gasteiger partial charge < -0.3 is 24.8 Å². The van der Waals surface area contributed by atoms with Crippen LogP contribution in [0.15, 0.2) is 48.5 Å². The molecule has 2 N–H and O–H groups in total. The first-order valence-corrected chi connectivity index (χ1v) is 13.8. The summed E-state index contributed by atoms with van der Waals surface area (Å²) in [7, 11) is 0. The van der Waals surface area contributed by atoms with Crippen molar-refractivity contribution in [1.82, 2.24) is 4.90 Å². The van der Waals surface area contributed by atoms with Crippen LogP contribution >= 0.6 is 0 Å². The Morgan fingerprint density at radius 2 is 1.33 bits per heavy atom. The van der Waals surface area contributed by atoms with E-state index in [2.05, 4.69) is 0 Å². The van der Waals surface area contributed by atoms with Crippen LogP contribution in [0.4, 0.5) is 80.7 Å². The average Bonchev–Trinajstić information content (AvgIpc) is 2.99. The molecule has 0 radical (unpaired) electrons.